The van der Waals surface area contributed by atoms with Gasteiger partial charge < -0.3 is 0 Å². The van der Waals surface area contributed by atoms with Crippen molar-refractivity contribution in [2.45, 2.75) is 13.3 Å². The van der Waals surface area contributed by atoms with Gasteiger partial charge in [-0.2, -0.15) is 0 Å². The van der Waals surface area contributed by atoms with E-state index in [0.717, 1.165) is 67.5 Å². The Kier molecular flexibility index (Phi) is 5.90. The van der Waals surface area contributed by atoms with E-state index in [9.17, 15) is 4.79 Å². The Morgan fingerprint density at radius 3 is 1.37 bits per heavy atom. The fourth-order valence-corrected chi connectivity index (χ4v) is 6.59. The maximum atomic E-state index is 14.8. The van der Waals surface area contributed by atoms with Gasteiger partial charge in [-0.25, -0.2) is 4.98 Å². The number of nitrogens with zero attached hydrogens (tertiary/aromatic N) is 2. The van der Waals surface area contributed by atoms with Crippen LogP contribution in [0.2, 0.25) is 0 Å². The predicted octanol–water partition coefficient (Wildman–Crippen LogP) is 9.94. The maximum absolute atomic E-state index is 14.8. The Balaban J connectivity index is 1.63. The zero-order valence-electron chi connectivity index (χ0n) is 23.8. The summed E-state index contributed by atoms with van der Waals surface area (Å²) in [6, 6.07) is 48.1. The zero-order valence-corrected chi connectivity index (χ0v) is 23.8. The molecule has 1 aliphatic heterocycles. The fraction of sp³-hybridized carbons (Fsp3) is 0.0500. The predicted molar refractivity (Wildman–Crippen MR) is 176 cm³/mol. The second-order valence-corrected chi connectivity index (χ2v) is 11.0. The molecule has 0 radical (unpaired) electrons. The van der Waals surface area contributed by atoms with Crippen LogP contribution in [0, 0.1) is 0 Å². The lowest BCUT2D eigenvalue weighted by Crippen LogP contribution is -2.09. The van der Waals surface area contributed by atoms with Crippen molar-refractivity contribution in [3.8, 4) is 55.9 Å². The average Bonchev–Trinajstić information content (AvgIpc) is 3.59. The number of aromatic nitrogens is 2. The van der Waals surface area contributed by atoms with Crippen molar-refractivity contribution in [1.82, 2.24) is 9.55 Å². The molecule has 0 amide bonds. The molecule has 3 nitrogen and oxygen atoms in total. The van der Waals surface area contributed by atoms with Gasteiger partial charge in [-0.1, -0.05) is 134 Å². The van der Waals surface area contributed by atoms with Crippen molar-refractivity contribution in [2.24, 2.45) is 0 Å². The minimum atomic E-state index is -0.0374. The van der Waals surface area contributed by atoms with E-state index in [-0.39, 0.29) is 5.91 Å². The van der Waals surface area contributed by atoms with E-state index in [1.165, 1.54) is 5.56 Å². The maximum Gasteiger partial charge on any atom is 0.265 e. The Hall–Kier alpha value is -5.54. The van der Waals surface area contributed by atoms with Gasteiger partial charge in [0.2, 0.25) is 0 Å². The van der Waals surface area contributed by atoms with Crippen LogP contribution in [0.4, 0.5) is 0 Å². The fourth-order valence-electron chi connectivity index (χ4n) is 6.59. The largest absolute Gasteiger partial charge is 0.268 e. The van der Waals surface area contributed by atoms with Crippen LogP contribution in [-0.4, -0.2) is 15.5 Å². The molecule has 3 heteroatoms. The van der Waals surface area contributed by atoms with Gasteiger partial charge in [-0.05, 0) is 57.5 Å². The molecule has 7 aromatic rings. The van der Waals surface area contributed by atoms with E-state index in [1.807, 2.05) is 41.0 Å². The zero-order chi connectivity index (χ0) is 28.9. The van der Waals surface area contributed by atoms with Gasteiger partial charge >= 0.3 is 0 Å². The van der Waals surface area contributed by atoms with E-state index in [2.05, 4.69) is 110 Å². The second kappa shape index (κ2) is 10.1. The number of aryl methyl sites for hydroxylation is 1. The first-order valence-electron chi connectivity index (χ1n) is 14.8. The molecule has 0 fully saturated rings. The Morgan fingerprint density at radius 2 is 0.930 bits per heavy atom. The molecule has 43 heavy (non-hydrogen) atoms. The topological polar surface area (TPSA) is 34.9 Å². The van der Waals surface area contributed by atoms with Crippen LogP contribution < -0.4 is 0 Å². The lowest BCUT2D eigenvalue weighted by atomic mass is 9.77. The van der Waals surface area contributed by atoms with Gasteiger partial charge in [-0.3, -0.25) is 9.36 Å². The van der Waals surface area contributed by atoms with Crippen molar-refractivity contribution in [3.63, 3.8) is 0 Å². The molecule has 8 rings (SSSR count). The molecule has 0 N–H and O–H groups in total. The third-order valence-corrected chi connectivity index (χ3v) is 8.52. The number of benzene rings is 6. The average molecular weight is 553 g/mol. The van der Waals surface area contributed by atoms with Crippen molar-refractivity contribution in [2.75, 3.05) is 0 Å². The highest BCUT2D eigenvalue weighted by Crippen LogP contribution is 2.55. The number of carbonyl (C=O) groups is 1. The minimum absolute atomic E-state index is 0.0374. The highest BCUT2D eigenvalue weighted by molar-refractivity contribution is 6.24. The Labute approximate surface area is 250 Å². The Bertz CT molecular complexity index is 2150. The van der Waals surface area contributed by atoms with Crippen molar-refractivity contribution < 1.29 is 4.79 Å². The van der Waals surface area contributed by atoms with Crippen LogP contribution in [-0.2, 0) is 6.42 Å². The summed E-state index contributed by atoms with van der Waals surface area (Å²) in [5, 5.41) is 0. The van der Waals surface area contributed by atoms with Crippen LogP contribution in [0.3, 0.4) is 0 Å². The van der Waals surface area contributed by atoms with Crippen molar-refractivity contribution in [3.05, 3.63) is 151 Å². The van der Waals surface area contributed by atoms with Crippen LogP contribution in [0.5, 0.6) is 0 Å². The molecule has 0 saturated carbocycles. The van der Waals surface area contributed by atoms with Crippen LogP contribution in [0.15, 0.2) is 140 Å². The SMILES string of the molecule is CCc1ccc2c(c1)nc1n2C(=O)c2c(-c3ccccc3)c(-c3ccccc3)c(-c3ccccc3)c(-c3ccccc3)c2-1. The molecule has 0 spiro atoms. The van der Waals surface area contributed by atoms with E-state index in [0.29, 0.717) is 11.4 Å². The molecule has 0 saturated heterocycles. The summed E-state index contributed by atoms with van der Waals surface area (Å²) < 4.78 is 1.84. The number of hydrogen-bond donors (Lipinski definition) is 0. The molecule has 6 aromatic carbocycles. The third-order valence-electron chi connectivity index (χ3n) is 8.52. The molecule has 0 aliphatic carbocycles. The lowest BCUT2D eigenvalue weighted by Gasteiger charge is -2.24. The monoisotopic (exact) mass is 552 g/mol. The third kappa shape index (κ3) is 3.89. The minimum Gasteiger partial charge on any atom is -0.268 e. The first-order chi connectivity index (χ1) is 21.2. The summed E-state index contributed by atoms with van der Waals surface area (Å²) in [4.78, 5) is 20.0. The smallest absolute Gasteiger partial charge is 0.265 e. The first-order valence-corrected chi connectivity index (χ1v) is 14.8. The highest BCUT2D eigenvalue weighted by atomic mass is 16.2. The molecule has 0 atom stereocenters. The van der Waals surface area contributed by atoms with Gasteiger partial charge in [0, 0.05) is 16.7 Å². The molecule has 0 unspecified atom stereocenters. The standard InChI is InChI=1S/C40H28N2O/c1-2-26-23-24-32-31(25-26)41-39-37-35(29-19-11-5-12-20-29)33(27-15-7-3-8-16-27)34(28-17-9-4-10-18-28)36(30-21-13-6-14-22-30)38(37)40(43)42(32)39/h3-25H,2H2,1H3. The number of fused-ring (bicyclic) bond motifs is 5. The summed E-state index contributed by atoms with van der Waals surface area (Å²) in [7, 11) is 0. The van der Waals surface area contributed by atoms with Gasteiger partial charge in [0.25, 0.3) is 5.91 Å². The molecular weight excluding hydrogens is 524 g/mol. The molecular formula is C40H28N2O. The molecule has 1 aromatic heterocycles. The van der Waals surface area contributed by atoms with Gasteiger partial charge in [0.05, 0.1) is 16.6 Å². The molecule has 2 heterocycles. The van der Waals surface area contributed by atoms with Gasteiger partial charge in [0.15, 0.2) is 0 Å². The number of imidazole rings is 1. The van der Waals surface area contributed by atoms with Crippen molar-refractivity contribution >= 4 is 16.9 Å². The van der Waals surface area contributed by atoms with E-state index >= 15 is 0 Å². The summed E-state index contributed by atoms with van der Waals surface area (Å²) >= 11 is 0. The normalized spacial score (nSPS) is 12.0. The lowest BCUT2D eigenvalue weighted by molar-refractivity contribution is 0.0974. The summed E-state index contributed by atoms with van der Waals surface area (Å²) in [5.74, 6) is 0.667. The van der Waals surface area contributed by atoms with Crippen LogP contribution >= 0.6 is 0 Å². The quantitative estimate of drug-likeness (QED) is 0.213. The van der Waals surface area contributed by atoms with Gasteiger partial charge in [-0.15, -0.1) is 0 Å². The number of carbonyl (C=O) groups excluding carboxylic acids is 1. The molecule has 0 bridgehead atoms. The van der Waals surface area contributed by atoms with Crippen LogP contribution in [0.25, 0.3) is 66.9 Å². The van der Waals surface area contributed by atoms with E-state index in [1.54, 1.807) is 0 Å². The number of rotatable bonds is 5. The Morgan fingerprint density at radius 1 is 0.512 bits per heavy atom. The van der Waals surface area contributed by atoms with E-state index in [4.69, 9.17) is 4.98 Å². The summed E-state index contributed by atoms with van der Waals surface area (Å²) in [6.07, 6.45) is 0.911. The summed E-state index contributed by atoms with van der Waals surface area (Å²) in [5.41, 5.74) is 12.8. The molecule has 1 aliphatic rings. The second-order valence-electron chi connectivity index (χ2n) is 11.0. The molecule has 204 valence electrons. The number of hydrogen-bond acceptors (Lipinski definition) is 2. The highest BCUT2D eigenvalue weighted by Gasteiger charge is 2.39. The van der Waals surface area contributed by atoms with E-state index < -0.39 is 0 Å². The van der Waals surface area contributed by atoms with Crippen LogP contribution in [0.1, 0.15) is 22.8 Å². The summed E-state index contributed by atoms with van der Waals surface area (Å²) in [6.45, 7) is 2.14. The van der Waals surface area contributed by atoms with Gasteiger partial charge in [0.1, 0.15) is 5.82 Å². The van der Waals surface area contributed by atoms with Crippen molar-refractivity contribution in [1.29, 1.82) is 0 Å². The first kappa shape index (κ1) is 25.2.